The van der Waals surface area contributed by atoms with Gasteiger partial charge in [0.15, 0.2) is 5.78 Å². The zero-order valence-corrected chi connectivity index (χ0v) is 22.6. The number of amides is 4. The van der Waals surface area contributed by atoms with Gasteiger partial charge in [0.25, 0.3) is 0 Å². The van der Waals surface area contributed by atoms with Gasteiger partial charge in [0.05, 0.1) is 12.1 Å². The molecule has 0 aliphatic rings. The van der Waals surface area contributed by atoms with Gasteiger partial charge in [-0.1, -0.05) is 47.6 Å². The fourth-order valence-corrected chi connectivity index (χ4v) is 3.51. The number of nitrogens with two attached hydrogens (primary N) is 1. The van der Waals surface area contributed by atoms with Gasteiger partial charge < -0.3 is 32.1 Å². The van der Waals surface area contributed by atoms with E-state index in [0.717, 1.165) is 6.08 Å². The van der Waals surface area contributed by atoms with Crippen molar-refractivity contribution in [2.75, 3.05) is 6.54 Å². The van der Waals surface area contributed by atoms with E-state index < -0.39 is 48.0 Å². The lowest BCUT2D eigenvalue weighted by atomic mass is 10.00. The Hall–Kier alpha value is -2.95. The fourth-order valence-electron chi connectivity index (χ4n) is 3.51. The number of Topliss-reactive ketones (excluding diaryl/α,β-unsaturated/α-hetero) is 1. The van der Waals surface area contributed by atoms with Gasteiger partial charge in [0.2, 0.25) is 11.8 Å². The monoisotopic (exact) mass is 511 g/mol. The molecule has 4 atom stereocenters. The smallest absolute Gasteiger partial charge is 0.328 e. The molecule has 36 heavy (non-hydrogen) atoms. The minimum Gasteiger partial charge on any atom is -0.478 e. The Kier molecular flexibility index (Phi) is 15.3. The molecule has 0 heterocycles. The van der Waals surface area contributed by atoms with Crippen LogP contribution in [0.4, 0.5) is 4.79 Å². The lowest BCUT2D eigenvalue weighted by Crippen LogP contribution is -2.59. The second-order valence-corrected chi connectivity index (χ2v) is 9.99. The number of carboxylic acid groups (broad SMARTS) is 1. The minimum atomic E-state index is -1.13. The number of rotatable bonds is 16. The Bertz CT molecular complexity index is 781. The van der Waals surface area contributed by atoms with Gasteiger partial charge >= 0.3 is 12.0 Å². The molecule has 11 nitrogen and oxygen atoms in total. The van der Waals surface area contributed by atoms with Gasteiger partial charge in [-0.25, -0.2) is 9.59 Å². The van der Waals surface area contributed by atoms with Crippen LogP contribution in [0.25, 0.3) is 0 Å². The Morgan fingerprint density at radius 1 is 0.778 bits per heavy atom. The average Bonchev–Trinajstić information content (AvgIpc) is 2.76. The van der Waals surface area contributed by atoms with E-state index in [2.05, 4.69) is 21.3 Å². The van der Waals surface area contributed by atoms with Gasteiger partial charge in [-0.15, -0.1) is 0 Å². The number of unbranched alkanes of at least 4 members (excludes halogenated alkanes) is 1. The Balaban J connectivity index is 5.58. The Labute approximate surface area is 214 Å². The third-order valence-electron chi connectivity index (χ3n) is 5.68. The molecule has 4 amide bonds. The summed E-state index contributed by atoms with van der Waals surface area (Å²) in [6.07, 6.45) is 3.92. The molecular weight excluding hydrogens is 466 g/mol. The maximum absolute atomic E-state index is 13.1. The lowest BCUT2D eigenvalue weighted by molar-refractivity contribution is -0.131. The van der Waals surface area contributed by atoms with Gasteiger partial charge in [-0.05, 0) is 50.5 Å². The van der Waals surface area contributed by atoms with Crippen LogP contribution in [0.2, 0.25) is 0 Å². The lowest BCUT2D eigenvalue weighted by Gasteiger charge is -2.28. The zero-order valence-electron chi connectivity index (χ0n) is 22.6. The molecule has 206 valence electrons. The molecule has 0 aromatic rings. The number of urea groups is 1. The quantitative estimate of drug-likeness (QED) is 0.133. The minimum absolute atomic E-state index is 0.0890. The number of carbonyl (C=O) groups is 5. The number of nitrogens with one attached hydrogen (secondary N) is 4. The van der Waals surface area contributed by atoms with Crippen molar-refractivity contribution in [3.05, 3.63) is 12.2 Å². The number of carbonyl (C=O) groups excluding carboxylic acids is 4. The highest BCUT2D eigenvalue weighted by Crippen LogP contribution is 2.09. The van der Waals surface area contributed by atoms with Gasteiger partial charge in [-0.2, -0.15) is 0 Å². The third kappa shape index (κ3) is 12.7. The van der Waals surface area contributed by atoms with Crippen LogP contribution in [-0.2, 0) is 19.2 Å². The summed E-state index contributed by atoms with van der Waals surface area (Å²) < 4.78 is 0. The number of ketones is 1. The Morgan fingerprint density at radius 2 is 1.33 bits per heavy atom. The van der Waals surface area contributed by atoms with Crippen LogP contribution in [0.5, 0.6) is 0 Å². The van der Waals surface area contributed by atoms with Crippen molar-refractivity contribution in [3.8, 4) is 0 Å². The van der Waals surface area contributed by atoms with Crippen molar-refractivity contribution in [3.63, 3.8) is 0 Å². The van der Waals surface area contributed by atoms with Crippen molar-refractivity contribution < 1.29 is 29.1 Å². The maximum Gasteiger partial charge on any atom is 0.328 e. The summed E-state index contributed by atoms with van der Waals surface area (Å²) in [6.45, 7) is 12.6. The van der Waals surface area contributed by atoms with Gasteiger partial charge in [-0.3, -0.25) is 14.4 Å². The number of carboxylic acids is 1. The predicted octanol–water partition coefficient (Wildman–Crippen LogP) is 1.32. The summed E-state index contributed by atoms with van der Waals surface area (Å²) in [5.41, 5.74) is 5.57. The Morgan fingerprint density at radius 3 is 1.78 bits per heavy atom. The van der Waals surface area contributed by atoms with Crippen LogP contribution in [0.3, 0.4) is 0 Å². The zero-order chi connectivity index (χ0) is 28.0. The van der Waals surface area contributed by atoms with E-state index in [9.17, 15) is 24.0 Å². The van der Waals surface area contributed by atoms with Crippen LogP contribution in [-0.4, -0.2) is 65.4 Å². The van der Waals surface area contributed by atoms with Crippen molar-refractivity contribution in [1.82, 2.24) is 21.3 Å². The van der Waals surface area contributed by atoms with E-state index in [1.54, 1.807) is 27.7 Å². The molecule has 11 heteroatoms. The second-order valence-electron chi connectivity index (χ2n) is 9.99. The van der Waals surface area contributed by atoms with E-state index in [1.807, 2.05) is 13.8 Å². The molecule has 7 N–H and O–H groups in total. The molecule has 0 rings (SSSR count). The van der Waals surface area contributed by atoms with E-state index in [1.165, 1.54) is 13.0 Å². The van der Waals surface area contributed by atoms with Crippen LogP contribution >= 0.6 is 0 Å². The molecular formula is C25H45N5O6. The highest BCUT2D eigenvalue weighted by atomic mass is 16.4. The second kappa shape index (κ2) is 16.7. The van der Waals surface area contributed by atoms with Gasteiger partial charge in [0, 0.05) is 6.08 Å². The largest absolute Gasteiger partial charge is 0.478 e. The number of hydrogen-bond donors (Lipinski definition) is 6. The highest BCUT2D eigenvalue weighted by Gasteiger charge is 2.30. The maximum atomic E-state index is 13.1. The van der Waals surface area contributed by atoms with E-state index in [0.29, 0.717) is 25.8 Å². The number of hydrogen-bond acceptors (Lipinski definition) is 6. The first-order chi connectivity index (χ1) is 16.7. The first-order valence-electron chi connectivity index (χ1n) is 12.5. The standard InChI is InChI=1S/C25H45N5O6/c1-14(2)18(11-12-20(32)33)27-23(34)19(10-8-9-13-26)28-24(35)22(16(5)6)30-25(36)29-21(15(3)4)17(7)31/h11-12,14-16,18-19,21-22H,8-10,13,26H2,1-7H3,(H,27,34)(H,28,35)(H,32,33)(H2,29,30,36)/b12-11+/t18?,19-,21-,22-/m0/s1. The van der Waals surface area contributed by atoms with Gasteiger partial charge in [0.1, 0.15) is 12.1 Å². The molecule has 0 radical (unpaired) electrons. The predicted molar refractivity (Wildman–Crippen MR) is 138 cm³/mol. The van der Waals surface area contributed by atoms with E-state index >= 15 is 0 Å². The highest BCUT2D eigenvalue weighted by molar-refractivity contribution is 5.93. The van der Waals surface area contributed by atoms with Crippen molar-refractivity contribution in [1.29, 1.82) is 0 Å². The summed E-state index contributed by atoms with van der Waals surface area (Å²) in [4.78, 5) is 61.5. The molecule has 0 saturated heterocycles. The summed E-state index contributed by atoms with van der Waals surface area (Å²) in [5.74, 6) is -2.85. The molecule has 1 unspecified atom stereocenters. The summed E-state index contributed by atoms with van der Waals surface area (Å²) in [5, 5.41) is 19.7. The van der Waals surface area contributed by atoms with Crippen molar-refractivity contribution >= 4 is 29.6 Å². The molecule has 0 aliphatic heterocycles. The molecule has 0 aliphatic carbocycles. The van der Waals surface area contributed by atoms with E-state index in [4.69, 9.17) is 10.8 Å². The summed E-state index contributed by atoms with van der Waals surface area (Å²) >= 11 is 0. The molecule has 0 saturated carbocycles. The first kappa shape index (κ1) is 33.0. The molecule has 0 bridgehead atoms. The SMILES string of the molecule is CC(=O)[C@@H](NC(=O)N[C@H](C(=O)N[C@@H](CCCCN)C(=O)NC(/C=C/C(=O)O)C(C)C)C(C)C)C(C)C. The fraction of sp³-hybridized carbons (Fsp3) is 0.720. The summed E-state index contributed by atoms with van der Waals surface area (Å²) in [7, 11) is 0. The summed E-state index contributed by atoms with van der Waals surface area (Å²) in [6, 6.07) is -3.76. The van der Waals surface area contributed by atoms with E-state index in [-0.39, 0.29) is 23.5 Å². The molecule has 0 aromatic heterocycles. The molecule has 0 spiro atoms. The third-order valence-corrected chi connectivity index (χ3v) is 5.68. The van der Waals surface area contributed by atoms with Crippen molar-refractivity contribution in [2.24, 2.45) is 23.5 Å². The van der Waals surface area contributed by atoms with Crippen molar-refractivity contribution in [2.45, 2.75) is 91.9 Å². The molecule has 0 aromatic carbocycles. The topological polar surface area (TPSA) is 180 Å². The van der Waals surface area contributed by atoms with Crippen LogP contribution < -0.4 is 27.0 Å². The van der Waals surface area contributed by atoms with Crippen LogP contribution in [0.15, 0.2) is 12.2 Å². The first-order valence-corrected chi connectivity index (χ1v) is 12.5. The molecule has 0 fully saturated rings. The van der Waals surface area contributed by atoms with Crippen LogP contribution in [0, 0.1) is 17.8 Å². The average molecular weight is 512 g/mol. The van der Waals surface area contributed by atoms with Crippen LogP contribution in [0.1, 0.15) is 67.7 Å². The normalized spacial score (nSPS) is 14.9. The number of aliphatic carboxylic acids is 1.